The lowest BCUT2D eigenvalue weighted by molar-refractivity contribution is 0.103. The zero-order valence-electron chi connectivity index (χ0n) is 15.6. The lowest BCUT2D eigenvalue weighted by Crippen LogP contribution is -2.11. The summed E-state index contributed by atoms with van der Waals surface area (Å²) < 4.78 is 18.6. The Morgan fingerprint density at radius 2 is 2.07 bits per heavy atom. The summed E-state index contributed by atoms with van der Waals surface area (Å²) in [6.07, 6.45) is 3.16. The Hall–Kier alpha value is -2.32. The third-order valence-corrected chi connectivity index (χ3v) is 6.79. The van der Waals surface area contributed by atoms with Crippen LogP contribution in [0, 0.1) is 18.7 Å². The van der Waals surface area contributed by atoms with Crippen molar-refractivity contribution in [3.8, 4) is 5.75 Å². The number of hydrogen-bond acceptors (Lipinski definition) is 6. The Morgan fingerprint density at radius 1 is 1.29 bits per heavy atom. The fraction of sp³-hybridized carbons (Fsp3) is 0.350. The van der Waals surface area contributed by atoms with Gasteiger partial charge in [-0.05, 0) is 56.4 Å². The van der Waals surface area contributed by atoms with E-state index in [1.807, 2.05) is 0 Å². The molecule has 1 N–H and O–H groups in total. The molecule has 1 aromatic carbocycles. The molecule has 0 aliphatic heterocycles. The van der Waals surface area contributed by atoms with Crippen LogP contribution in [0.15, 0.2) is 24.3 Å². The highest BCUT2D eigenvalue weighted by Crippen LogP contribution is 2.32. The summed E-state index contributed by atoms with van der Waals surface area (Å²) in [7, 11) is 0. The summed E-state index contributed by atoms with van der Waals surface area (Å²) in [4.78, 5) is 23.5. The lowest BCUT2D eigenvalue weighted by atomic mass is 9.93. The topological polar surface area (TPSA) is 64.1 Å². The summed E-state index contributed by atoms with van der Waals surface area (Å²) >= 11 is 2.87. The second-order valence-corrected chi connectivity index (χ2v) is 9.12. The molecule has 2 heterocycles. The van der Waals surface area contributed by atoms with Gasteiger partial charge in [0.25, 0.3) is 5.91 Å². The van der Waals surface area contributed by atoms with Gasteiger partial charge >= 0.3 is 0 Å². The van der Waals surface area contributed by atoms with Crippen molar-refractivity contribution in [2.75, 3.05) is 5.32 Å². The number of thiazole rings is 2. The minimum Gasteiger partial charge on any atom is -0.486 e. The maximum absolute atomic E-state index is 13.0. The molecule has 0 spiro atoms. The number of benzene rings is 1. The van der Waals surface area contributed by atoms with Crippen molar-refractivity contribution in [2.24, 2.45) is 5.92 Å². The minimum atomic E-state index is -0.310. The van der Waals surface area contributed by atoms with Crippen molar-refractivity contribution < 1.29 is 13.9 Å². The van der Waals surface area contributed by atoms with Gasteiger partial charge in [0.1, 0.15) is 28.1 Å². The van der Waals surface area contributed by atoms with E-state index in [1.165, 1.54) is 28.3 Å². The quantitative estimate of drug-likeness (QED) is 0.634. The molecule has 0 unspecified atom stereocenters. The van der Waals surface area contributed by atoms with E-state index < -0.39 is 0 Å². The molecule has 5 nitrogen and oxygen atoms in total. The van der Waals surface area contributed by atoms with Crippen LogP contribution in [-0.2, 0) is 19.4 Å². The second kappa shape index (κ2) is 7.97. The van der Waals surface area contributed by atoms with Crippen LogP contribution in [0.5, 0.6) is 5.75 Å². The van der Waals surface area contributed by atoms with Crippen LogP contribution in [0.4, 0.5) is 9.52 Å². The molecular formula is C20H20FN3O2S2. The van der Waals surface area contributed by atoms with E-state index in [0.717, 1.165) is 25.0 Å². The van der Waals surface area contributed by atoms with E-state index in [4.69, 9.17) is 4.74 Å². The number of hydrogen-bond donors (Lipinski definition) is 1. The number of rotatable bonds is 5. The molecule has 0 radical (unpaired) electrons. The molecule has 1 atom stereocenters. The van der Waals surface area contributed by atoms with Gasteiger partial charge in [0.15, 0.2) is 5.13 Å². The Labute approximate surface area is 170 Å². The van der Waals surface area contributed by atoms with Crippen LogP contribution in [0.2, 0.25) is 0 Å². The molecule has 2 aromatic heterocycles. The van der Waals surface area contributed by atoms with E-state index >= 15 is 0 Å². The largest absolute Gasteiger partial charge is 0.486 e. The number of nitrogens with one attached hydrogen (secondary N) is 1. The van der Waals surface area contributed by atoms with Crippen LogP contribution in [0.3, 0.4) is 0 Å². The smallest absolute Gasteiger partial charge is 0.269 e. The van der Waals surface area contributed by atoms with Gasteiger partial charge in [0.05, 0.1) is 11.4 Å². The van der Waals surface area contributed by atoms with Crippen molar-refractivity contribution in [1.82, 2.24) is 9.97 Å². The number of nitrogens with zero attached hydrogens (tertiary/aromatic N) is 2. The first-order chi connectivity index (χ1) is 13.5. The SMILES string of the molecule is Cc1nc(COc2ccc(F)cc2)sc1C(=O)Nc1nc2c(s1)C[C@H](C)CC2. The van der Waals surface area contributed by atoms with Crippen LogP contribution >= 0.6 is 22.7 Å². The number of halogens is 1. The summed E-state index contributed by atoms with van der Waals surface area (Å²) in [5, 5.41) is 4.27. The van der Waals surface area contributed by atoms with Crippen LogP contribution < -0.4 is 10.1 Å². The summed E-state index contributed by atoms with van der Waals surface area (Å²) in [5.74, 6) is 0.726. The molecule has 0 fully saturated rings. The van der Waals surface area contributed by atoms with Gasteiger partial charge in [-0.25, -0.2) is 14.4 Å². The Balaban J connectivity index is 1.41. The van der Waals surface area contributed by atoms with Gasteiger partial charge in [-0.15, -0.1) is 22.7 Å². The normalized spacial score (nSPS) is 15.9. The van der Waals surface area contributed by atoms with Gasteiger partial charge < -0.3 is 4.74 Å². The second-order valence-electron chi connectivity index (χ2n) is 6.96. The maximum atomic E-state index is 13.0. The van der Waals surface area contributed by atoms with E-state index in [0.29, 0.717) is 32.4 Å². The molecule has 1 aliphatic rings. The average molecular weight is 418 g/mol. The van der Waals surface area contributed by atoms with Crippen LogP contribution in [-0.4, -0.2) is 15.9 Å². The highest BCUT2D eigenvalue weighted by Gasteiger charge is 2.22. The monoisotopic (exact) mass is 417 g/mol. The van der Waals surface area contributed by atoms with Gasteiger partial charge in [0.2, 0.25) is 0 Å². The van der Waals surface area contributed by atoms with Gasteiger partial charge in [-0.1, -0.05) is 6.92 Å². The highest BCUT2D eigenvalue weighted by molar-refractivity contribution is 7.16. The van der Waals surface area contributed by atoms with Gasteiger partial charge in [0, 0.05) is 4.88 Å². The molecule has 3 aromatic rings. The van der Waals surface area contributed by atoms with E-state index in [-0.39, 0.29) is 18.3 Å². The van der Waals surface area contributed by atoms with Gasteiger partial charge in [-0.3, -0.25) is 10.1 Å². The molecule has 8 heteroatoms. The van der Waals surface area contributed by atoms with Crippen molar-refractivity contribution in [3.05, 3.63) is 56.2 Å². The third kappa shape index (κ3) is 4.23. The first kappa shape index (κ1) is 19.0. The molecule has 0 saturated heterocycles. The Kier molecular flexibility index (Phi) is 5.41. The minimum absolute atomic E-state index is 0.192. The molecule has 146 valence electrons. The number of aryl methyl sites for hydroxylation is 2. The summed E-state index contributed by atoms with van der Waals surface area (Å²) in [6, 6.07) is 5.81. The molecule has 28 heavy (non-hydrogen) atoms. The van der Waals surface area contributed by atoms with E-state index in [2.05, 4.69) is 22.2 Å². The number of fused-ring (bicyclic) bond motifs is 1. The predicted molar refractivity (Wildman–Crippen MR) is 109 cm³/mol. The lowest BCUT2D eigenvalue weighted by Gasteiger charge is -2.15. The standard InChI is InChI=1S/C20H20FN3O2S2/c1-11-3-8-15-16(9-11)27-20(23-15)24-19(25)18-12(2)22-17(28-18)10-26-14-6-4-13(21)5-7-14/h4-7,11H,3,8-10H2,1-2H3,(H,23,24,25)/t11-/m1/s1. The zero-order valence-corrected chi connectivity index (χ0v) is 17.3. The maximum Gasteiger partial charge on any atom is 0.269 e. The molecule has 4 rings (SSSR count). The zero-order chi connectivity index (χ0) is 19.7. The fourth-order valence-corrected chi connectivity index (χ4v) is 5.19. The van der Waals surface area contributed by atoms with Crippen molar-refractivity contribution in [2.45, 2.75) is 39.7 Å². The van der Waals surface area contributed by atoms with E-state index in [1.54, 1.807) is 30.4 Å². The summed E-state index contributed by atoms with van der Waals surface area (Å²) in [5.41, 5.74) is 1.78. The first-order valence-corrected chi connectivity index (χ1v) is 10.8. The number of amides is 1. The van der Waals surface area contributed by atoms with Crippen LogP contribution in [0.1, 0.15) is 44.3 Å². The van der Waals surface area contributed by atoms with Crippen molar-refractivity contribution in [1.29, 1.82) is 0 Å². The highest BCUT2D eigenvalue weighted by atomic mass is 32.1. The number of anilines is 1. The number of carbonyl (C=O) groups excluding carboxylic acids is 1. The van der Waals surface area contributed by atoms with Crippen LogP contribution in [0.25, 0.3) is 0 Å². The molecule has 1 amide bonds. The predicted octanol–water partition coefficient (Wildman–Crippen LogP) is 5.00. The molecule has 0 saturated carbocycles. The molecule has 0 bridgehead atoms. The van der Waals surface area contributed by atoms with Crippen molar-refractivity contribution in [3.63, 3.8) is 0 Å². The van der Waals surface area contributed by atoms with Crippen molar-refractivity contribution >= 4 is 33.7 Å². The number of carbonyl (C=O) groups is 1. The third-order valence-electron chi connectivity index (χ3n) is 4.63. The van der Waals surface area contributed by atoms with E-state index in [9.17, 15) is 9.18 Å². The molecular weight excluding hydrogens is 397 g/mol. The fourth-order valence-electron chi connectivity index (χ4n) is 3.15. The van der Waals surface area contributed by atoms with Gasteiger partial charge in [-0.2, -0.15) is 0 Å². The Morgan fingerprint density at radius 3 is 2.86 bits per heavy atom. The summed E-state index contributed by atoms with van der Waals surface area (Å²) in [6.45, 7) is 4.28. The number of ether oxygens (including phenoxy) is 1. The Bertz CT molecular complexity index is 998. The first-order valence-electron chi connectivity index (χ1n) is 9.12. The molecule has 1 aliphatic carbocycles. The number of aromatic nitrogens is 2. The average Bonchev–Trinajstić information content (AvgIpc) is 3.23.